The molecule has 2 N–H and O–H groups in total. The number of amides is 1. The maximum atomic E-state index is 12.5. The normalized spacial score (nSPS) is 28.2. The number of carbonyl (C=O) groups is 1. The molecule has 0 aliphatic carbocycles. The maximum Gasteiger partial charge on any atom is 0.227 e. The fourth-order valence-corrected chi connectivity index (χ4v) is 4.18. The lowest BCUT2D eigenvalue weighted by Gasteiger charge is -2.28. The lowest BCUT2D eigenvalue weighted by atomic mass is 9.99. The summed E-state index contributed by atoms with van der Waals surface area (Å²) in [6.07, 6.45) is 0.932. The number of halogens is 1. The topological polar surface area (TPSA) is 50.4 Å². The van der Waals surface area contributed by atoms with E-state index in [-0.39, 0.29) is 23.9 Å². The van der Waals surface area contributed by atoms with E-state index in [1.54, 1.807) is 0 Å². The fourth-order valence-electron chi connectivity index (χ4n) is 2.89. The van der Waals surface area contributed by atoms with Crippen molar-refractivity contribution >= 4 is 29.3 Å². The smallest absolute Gasteiger partial charge is 0.227 e. The van der Waals surface area contributed by atoms with Gasteiger partial charge in [-0.1, -0.05) is 11.6 Å². The lowest BCUT2D eigenvalue weighted by molar-refractivity contribution is -0.126. The zero-order valence-corrected chi connectivity index (χ0v) is 13.5. The van der Waals surface area contributed by atoms with Gasteiger partial charge in [0.2, 0.25) is 5.91 Å². The Morgan fingerprint density at radius 1 is 1.43 bits per heavy atom. The van der Waals surface area contributed by atoms with E-state index in [1.165, 1.54) is 4.90 Å². The predicted octanol–water partition coefficient (Wildman–Crippen LogP) is 2.23. The van der Waals surface area contributed by atoms with Crippen LogP contribution in [0, 0.1) is 5.92 Å². The minimum Gasteiger partial charge on any atom is -0.379 e. The summed E-state index contributed by atoms with van der Waals surface area (Å²) in [5.41, 5.74) is 1.13. The first-order valence-electron chi connectivity index (χ1n) is 7.16. The van der Waals surface area contributed by atoms with Crippen LogP contribution in [0.15, 0.2) is 23.1 Å². The summed E-state index contributed by atoms with van der Waals surface area (Å²) < 4.78 is 5.41. The van der Waals surface area contributed by atoms with E-state index in [9.17, 15) is 4.79 Å². The van der Waals surface area contributed by atoms with Crippen LogP contribution in [0.3, 0.4) is 0 Å². The molecule has 21 heavy (non-hydrogen) atoms. The number of likely N-dealkylation sites (N-methyl/N-ethyl adjacent to an activating group) is 1. The molecule has 1 saturated heterocycles. The first-order chi connectivity index (χ1) is 10.2. The fraction of sp³-hybridized carbons (Fsp3) is 0.533. The molecule has 3 unspecified atom stereocenters. The van der Waals surface area contributed by atoms with Crippen molar-refractivity contribution in [2.45, 2.75) is 23.4 Å². The largest absolute Gasteiger partial charge is 0.379 e. The first-order valence-corrected chi connectivity index (χ1v) is 8.53. The molecule has 4 nitrogen and oxygen atoms in total. The molecule has 0 radical (unpaired) electrons. The Balaban J connectivity index is 1.74. The third-order valence-electron chi connectivity index (χ3n) is 4.12. The number of thioether (sulfide) groups is 1. The van der Waals surface area contributed by atoms with Gasteiger partial charge >= 0.3 is 0 Å². The van der Waals surface area contributed by atoms with Crippen LogP contribution in [0.4, 0.5) is 0 Å². The predicted molar refractivity (Wildman–Crippen MR) is 84.8 cm³/mol. The van der Waals surface area contributed by atoms with E-state index >= 15 is 0 Å². The molecule has 3 rings (SSSR count). The summed E-state index contributed by atoms with van der Waals surface area (Å²) in [7, 11) is 1.87. The number of ether oxygens (including phenoxy) is 1. The van der Waals surface area contributed by atoms with E-state index in [0.717, 1.165) is 17.7 Å². The maximum absolute atomic E-state index is 12.5. The molecular formula is C15H19ClN2O2S. The lowest BCUT2D eigenvalue weighted by Crippen LogP contribution is -2.44. The van der Waals surface area contributed by atoms with Crippen LogP contribution in [-0.4, -0.2) is 38.0 Å². The highest BCUT2D eigenvalue weighted by molar-refractivity contribution is 7.99. The van der Waals surface area contributed by atoms with Crippen molar-refractivity contribution < 1.29 is 9.53 Å². The van der Waals surface area contributed by atoms with Crippen LogP contribution in [0.2, 0.25) is 5.02 Å². The van der Waals surface area contributed by atoms with Crippen LogP contribution in [0.25, 0.3) is 0 Å². The minimum absolute atomic E-state index is 0.0468. The highest BCUT2D eigenvalue weighted by atomic mass is 35.5. The van der Waals surface area contributed by atoms with Gasteiger partial charge in [-0.15, -0.1) is 11.8 Å². The highest BCUT2D eigenvalue weighted by Gasteiger charge is 2.34. The van der Waals surface area contributed by atoms with Crippen molar-refractivity contribution in [1.29, 1.82) is 0 Å². The molecule has 2 heterocycles. The van der Waals surface area contributed by atoms with Crippen molar-refractivity contribution in [3.05, 3.63) is 28.8 Å². The second-order valence-electron chi connectivity index (χ2n) is 5.42. The molecule has 2 aliphatic heterocycles. The number of nitrogens with one attached hydrogen (secondary N) is 2. The van der Waals surface area contributed by atoms with Gasteiger partial charge in [-0.3, -0.25) is 4.79 Å². The average Bonchev–Trinajstić information content (AvgIpc) is 2.96. The number of fused-ring (bicyclic) bond motifs is 1. The van der Waals surface area contributed by atoms with Gasteiger partial charge in [0.25, 0.3) is 0 Å². The summed E-state index contributed by atoms with van der Waals surface area (Å²) in [5, 5.41) is 7.04. The molecule has 6 heteroatoms. The highest BCUT2D eigenvalue weighted by Crippen LogP contribution is 2.37. The Labute approximate surface area is 134 Å². The third kappa shape index (κ3) is 3.21. The number of hydrogen-bond acceptors (Lipinski definition) is 4. The summed E-state index contributed by atoms with van der Waals surface area (Å²) in [5.74, 6) is 0.956. The number of benzene rings is 1. The van der Waals surface area contributed by atoms with Gasteiger partial charge < -0.3 is 15.4 Å². The van der Waals surface area contributed by atoms with Crippen LogP contribution >= 0.6 is 23.4 Å². The summed E-state index contributed by atoms with van der Waals surface area (Å²) in [6, 6.07) is 6.05. The summed E-state index contributed by atoms with van der Waals surface area (Å²) in [4.78, 5) is 13.7. The van der Waals surface area contributed by atoms with Crippen molar-refractivity contribution in [3.8, 4) is 0 Å². The third-order valence-corrected chi connectivity index (χ3v) is 5.47. The molecule has 0 bridgehead atoms. The second-order valence-corrected chi connectivity index (χ2v) is 6.99. The van der Waals surface area contributed by atoms with E-state index in [0.29, 0.717) is 18.2 Å². The van der Waals surface area contributed by atoms with Crippen LogP contribution in [0.5, 0.6) is 0 Å². The van der Waals surface area contributed by atoms with Crippen LogP contribution in [0.1, 0.15) is 18.0 Å². The van der Waals surface area contributed by atoms with E-state index in [1.807, 2.05) is 37.0 Å². The molecule has 1 amide bonds. The quantitative estimate of drug-likeness (QED) is 0.894. The van der Waals surface area contributed by atoms with Crippen LogP contribution < -0.4 is 10.6 Å². The minimum atomic E-state index is -0.118. The Morgan fingerprint density at radius 2 is 2.29 bits per heavy atom. The zero-order valence-electron chi connectivity index (χ0n) is 11.9. The molecular weight excluding hydrogens is 308 g/mol. The molecule has 1 fully saturated rings. The molecule has 1 aromatic rings. The van der Waals surface area contributed by atoms with Crippen LogP contribution in [-0.2, 0) is 9.53 Å². The Kier molecular flexibility index (Phi) is 4.74. The van der Waals surface area contributed by atoms with Crippen molar-refractivity contribution in [3.63, 3.8) is 0 Å². The van der Waals surface area contributed by atoms with Gasteiger partial charge in [-0.2, -0.15) is 0 Å². The molecule has 1 aromatic carbocycles. The molecule has 0 spiro atoms. The first kappa shape index (κ1) is 15.2. The van der Waals surface area contributed by atoms with E-state index in [2.05, 4.69) is 10.6 Å². The Morgan fingerprint density at radius 3 is 3.10 bits per heavy atom. The zero-order chi connectivity index (χ0) is 14.8. The second kappa shape index (κ2) is 6.57. The molecule has 2 aliphatic rings. The molecule has 3 atom stereocenters. The molecule has 114 valence electrons. The number of rotatable bonds is 3. The van der Waals surface area contributed by atoms with Gasteiger partial charge in [-0.05, 0) is 37.2 Å². The van der Waals surface area contributed by atoms with Gasteiger partial charge in [0.05, 0.1) is 25.2 Å². The SMILES string of the molecule is CNC1COCC1C(=O)NC1CCSc2ccc(Cl)cc21. The summed E-state index contributed by atoms with van der Waals surface area (Å²) in [6.45, 7) is 1.08. The van der Waals surface area contributed by atoms with Crippen molar-refractivity contribution in [1.82, 2.24) is 10.6 Å². The monoisotopic (exact) mass is 326 g/mol. The van der Waals surface area contributed by atoms with Crippen molar-refractivity contribution in [2.75, 3.05) is 26.0 Å². The van der Waals surface area contributed by atoms with Gasteiger partial charge in [0.1, 0.15) is 0 Å². The van der Waals surface area contributed by atoms with E-state index in [4.69, 9.17) is 16.3 Å². The summed E-state index contributed by atoms with van der Waals surface area (Å²) >= 11 is 7.92. The van der Waals surface area contributed by atoms with Gasteiger partial charge in [-0.25, -0.2) is 0 Å². The number of hydrogen-bond donors (Lipinski definition) is 2. The van der Waals surface area contributed by atoms with Gasteiger partial charge in [0.15, 0.2) is 0 Å². The number of carbonyl (C=O) groups excluding carboxylic acids is 1. The average molecular weight is 327 g/mol. The Bertz CT molecular complexity index is 540. The molecule has 0 aromatic heterocycles. The van der Waals surface area contributed by atoms with Gasteiger partial charge in [0, 0.05) is 21.7 Å². The van der Waals surface area contributed by atoms with E-state index < -0.39 is 0 Å². The molecule has 0 saturated carbocycles. The van der Waals surface area contributed by atoms with Crippen molar-refractivity contribution in [2.24, 2.45) is 5.92 Å². The standard InChI is InChI=1S/C15H19ClN2O2S/c1-17-13-8-20-7-11(13)15(19)18-12-4-5-21-14-3-2-9(16)6-10(12)14/h2-3,6,11-13,17H,4-5,7-8H2,1H3,(H,18,19). The Hall–Kier alpha value is -0.750.